The molecular weight excluding hydrogens is 646 g/mol. The topological polar surface area (TPSA) is 189 Å². The van der Waals surface area contributed by atoms with Gasteiger partial charge < -0.3 is 40.7 Å². The molecule has 15 nitrogen and oxygen atoms in total. The summed E-state index contributed by atoms with van der Waals surface area (Å²) in [5.74, 6) is -4.79. The van der Waals surface area contributed by atoms with E-state index in [1.807, 2.05) is 34.6 Å². The van der Waals surface area contributed by atoms with Gasteiger partial charge in [-0.1, -0.05) is 48.0 Å². The second kappa shape index (κ2) is 19.0. The second-order valence-electron chi connectivity index (χ2n) is 14.8. The lowest BCUT2D eigenvalue weighted by Crippen LogP contribution is -2.62. The fraction of sp³-hybridized carbons (Fsp3) is 0.800. The summed E-state index contributed by atoms with van der Waals surface area (Å²) in [6.45, 7) is 17.0. The Balaban J connectivity index is 3.86. The molecule has 1 rings (SSSR count). The summed E-state index contributed by atoms with van der Waals surface area (Å²) in [7, 11) is 5.74. The second-order valence-corrected chi connectivity index (χ2v) is 14.8. The Hall–Kier alpha value is -3.75. The molecular formula is C35H63N7O8. The van der Waals surface area contributed by atoms with Crippen molar-refractivity contribution in [3.05, 3.63) is 0 Å². The van der Waals surface area contributed by atoms with E-state index in [0.29, 0.717) is 6.42 Å². The SMILES string of the molecule is CC[C@H](C)[C@H]1NC(=O)[C@@H]([C@@H](C)O)NC(=O)[C@@H](C)N(C)C(=O)[C@H](C)N(C)C(=O)[C@H](CC(C)C)NC(=O)[C@H](CC(C)C)N(C)C(=O)[C@H](C)N(C)C1=O. The van der Waals surface area contributed by atoms with Crippen LogP contribution >= 0.6 is 0 Å². The highest BCUT2D eigenvalue weighted by Gasteiger charge is 2.40. The van der Waals surface area contributed by atoms with Crippen LogP contribution in [0.2, 0.25) is 0 Å². The van der Waals surface area contributed by atoms with Gasteiger partial charge in [0.15, 0.2) is 0 Å². The van der Waals surface area contributed by atoms with Gasteiger partial charge in [-0.2, -0.15) is 0 Å². The highest BCUT2D eigenvalue weighted by Crippen LogP contribution is 2.19. The fourth-order valence-corrected chi connectivity index (χ4v) is 5.74. The van der Waals surface area contributed by atoms with Crippen LogP contribution in [0.3, 0.4) is 0 Å². The van der Waals surface area contributed by atoms with Crippen LogP contribution in [-0.4, -0.2) is 143 Å². The number of aliphatic hydroxyl groups is 1. The number of amides is 7. The predicted octanol–water partition coefficient (Wildman–Crippen LogP) is 0.341. The molecule has 15 heteroatoms. The third-order valence-corrected chi connectivity index (χ3v) is 9.85. The first kappa shape index (κ1) is 44.3. The maximum atomic E-state index is 14.0. The molecule has 0 radical (unpaired) electrons. The molecule has 0 aromatic rings. The van der Waals surface area contributed by atoms with E-state index in [9.17, 15) is 38.7 Å². The van der Waals surface area contributed by atoms with Gasteiger partial charge in [0.2, 0.25) is 41.4 Å². The third kappa shape index (κ3) is 11.1. The van der Waals surface area contributed by atoms with Crippen molar-refractivity contribution in [3.8, 4) is 0 Å². The molecule has 1 aliphatic rings. The van der Waals surface area contributed by atoms with E-state index >= 15 is 0 Å². The van der Waals surface area contributed by atoms with Gasteiger partial charge in [0.05, 0.1) is 6.10 Å². The molecule has 1 heterocycles. The molecule has 0 unspecified atom stereocenters. The van der Waals surface area contributed by atoms with Gasteiger partial charge in [0.1, 0.15) is 42.3 Å². The summed E-state index contributed by atoms with van der Waals surface area (Å²) in [6.07, 6.45) is -0.385. The minimum atomic E-state index is -1.48. The van der Waals surface area contributed by atoms with E-state index in [0.717, 1.165) is 4.90 Å². The molecule has 0 aromatic heterocycles. The van der Waals surface area contributed by atoms with Gasteiger partial charge in [-0.25, -0.2) is 0 Å². The van der Waals surface area contributed by atoms with Crippen molar-refractivity contribution < 1.29 is 38.7 Å². The van der Waals surface area contributed by atoms with Crippen molar-refractivity contribution in [1.82, 2.24) is 35.6 Å². The molecule has 0 spiro atoms. The molecule has 286 valence electrons. The summed E-state index contributed by atoms with van der Waals surface area (Å²) < 4.78 is 0. The van der Waals surface area contributed by atoms with E-state index in [1.54, 1.807) is 6.92 Å². The van der Waals surface area contributed by atoms with Gasteiger partial charge in [-0.3, -0.25) is 33.6 Å². The molecule has 50 heavy (non-hydrogen) atoms. The Bertz CT molecular complexity index is 1240. The summed E-state index contributed by atoms with van der Waals surface area (Å²) >= 11 is 0. The highest BCUT2D eigenvalue weighted by atomic mass is 16.3. The number of hydrogen-bond acceptors (Lipinski definition) is 8. The largest absolute Gasteiger partial charge is 0.391 e. The zero-order valence-corrected chi connectivity index (χ0v) is 32.6. The van der Waals surface area contributed by atoms with Crippen molar-refractivity contribution in [1.29, 1.82) is 0 Å². The summed E-state index contributed by atoms with van der Waals surface area (Å²) in [6, 6.07) is -7.85. The Morgan fingerprint density at radius 3 is 1.46 bits per heavy atom. The zero-order valence-electron chi connectivity index (χ0n) is 32.6. The van der Waals surface area contributed by atoms with Crippen molar-refractivity contribution in [2.75, 3.05) is 28.2 Å². The number of likely N-dealkylation sites (N-methyl/N-ethyl adjacent to an activating group) is 4. The van der Waals surface area contributed by atoms with Gasteiger partial charge in [0, 0.05) is 28.2 Å². The molecule has 9 atom stereocenters. The molecule has 0 saturated carbocycles. The Kier molecular flexibility index (Phi) is 16.8. The number of nitrogens with zero attached hydrogens (tertiary/aromatic N) is 4. The number of carbonyl (C=O) groups excluding carboxylic acids is 7. The number of carbonyl (C=O) groups is 7. The molecule has 1 fully saturated rings. The maximum absolute atomic E-state index is 14.0. The fourth-order valence-electron chi connectivity index (χ4n) is 5.74. The van der Waals surface area contributed by atoms with E-state index < -0.39 is 95.7 Å². The van der Waals surface area contributed by atoms with Crippen molar-refractivity contribution in [2.24, 2.45) is 17.8 Å². The summed E-state index contributed by atoms with van der Waals surface area (Å²) in [5, 5.41) is 18.6. The van der Waals surface area contributed by atoms with Crippen LogP contribution in [0, 0.1) is 17.8 Å². The molecule has 0 aromatic carbocycles. The number of hydrogen-bond donors (Lipinski definition) is 4. The van der Waals surface area contributed by atoms with Crippen LogP contribution in [0.15, 0.2) is 0 Å². The quantitative estimate of drug-likeness (QED) is 0.291. The summed E-state index contributed by atoms with van der Waals surface area (Å²) in [5.41, 5.74) is 0. The van der Waals surface area contributed by atoms with Crippen molar-refractivity contribution >= 4 is 41.4 Å². The molecule has 4 N–H and O–H groups in total. The standard InChI is InChI=1S/C35H63N7O8/c1-15-20(6)27-35(50)41(13)23(9)33(48)42(14)26(17-19(4)5)30(45)36-25(16-18(2)3)34(49)40(12)22(8)32(47)39(11)21(7)29(44)38-28(24(10)43)31(46)37-27/h18-28,43H,15-17H2,1-14H3,(H,36,45)(H,37,46)(H,38,44)/t20-,21+,22-,23-,24+,25-,26-,27+,28+/m0/s1. The van der Waals surface area contributed by atoms with E-state index in [4.69, 9.17) is 0 Å². The number of nitrogens with one attached hydrogen (secondary N) is 3. The third-order valence-electron chi connectivity index (χ3n) is 9.85. The Morgan fingerprint density at radius 1 is 0.560 bits per heavy atom. The molecule has 1 aliphatic heterocycles. The predicted molar refractivity (Wildman–Crippen MR) is 189 cm³/mol. The van der Waals surface area contributed by atoms with Gasteiger partial charge in [-0.15, -0.1) is 0 Å². The lowest BCUT2D eigenvalue weighted by atomic mass is 9.96. The zero-order chi connectivity index (χ0) is 38.9. The Labute approximate surface area is 298 Å². The lowest BCUT2D eigenvalue weighted by molar-refractivity contribution is -0.150. The molecule has 0 bridgehead atoms. The average Bonchev–Trinajstić information content (AvgIpc) is 3.06. The normalized spacial score (nSPS) is 29.1. The summed E-state index contributed by atoms with van der Waals surface area (Å²) in [4.78, 5) is 101. The molecule has 0 aliphatic carbocycles. The van der Waals surface area contributed by atoms with Gasteiger partial charge in [0.25, 0.3) is 0 Å². The van der Waals surface area contributed by atoms with E-state index in [-0.39, 0.29) is 24.7 Å². The average molecular weight is 710 g/mol. The van der Waals surface area contributed by atoms with Crippen molar-refractivity contribution in [2.45, 2.75) is 137 Å². The van der Waals surface area contributed by atoms with Crippen LogP contribution in [0.1, 0.15) is 88.5 Å². The first-order valence-electron chi connectivity index (χ1n) is 17.7. The smallest absolute Gasteiger partial charge is 0.245 e. The van der Waals surface area contributed by atoms with Gasteiger partial charge in [-0.05, 0) is 58.3 Å². The molecule has 7 amide bonds. The minimum Gasteiger partial charge on any atom is -0.391 e. The molecule has 1 saturated heterocycles. The van der Waals surface area contributed by atoms with Crippen LogP contribution in [-0.2, 0) is 33.6 Å². The first-order valence-corrected chi connectivity index (χ1v) is 17.7. The monoisotopic (exact) mass is 709 g/mol. The van der Waals surface area contributed by atoms with E-state index in [1.165, 1.54) is 70.6 Å². The van der Waals surface area contributed by atoms with Crippen LogP contribution < -0.4 is 16.0 Å². The van der Waals surface area contributed by atoms with E-state index in [2.05, 4.69) is 16.0 Å². The number of aliphatic hydroxyl groups excluding tert-OH is 1. The maximum Gasteiger partial charge on any atom is 0.245 e. The highest BCUT2D eigenvalue weighted by molar-refractivity contribution is 5.98. The first-order chi connectivity index (χ1) is 23.0. The lowest BCUT2D eigenvalue weighted by Gasteiger charge is -2.36. The van der Waals surface area contributed by atoms with Gasteiger partial charge >= 0.3 is 0 Å². The number of rotatable bonds is 7. The van der Waals surface area contributed by atoms with Crippen LogP contribution in [0.5, 0.6) is 0 Å². The Morgan fingerprint density at radius 2 is 1.00 bits per heavy atom. The van der Waals surface area contributed by atoms with Crippen LogP contribution in [0.25, 0.3) is 0 Å². The van der Waals surface area contributed by atoms with Crippen LogP contribution in [0.4, 0.5) is 0 Å². The van der Waals surface area contributed by atoms with Crippen molar-refractivity contribution in [3.63, 3.8) is 0 Å². The minimum absolute atomic E-state index is 0.0228.